The first-order chi connectivity index (χ1) is 7.93. The van der Waals surface area contributed by atoms with Gasteiger partial charge in [0.2, 0.25) is 5.95 Å². The van der Waals surface area contributed by atoms with Gasteiger partial charge in [-0.25, -0.2) is 9.97 Å². The lowest BCUT2D eigenvalue weighted by atomic mass is 10.2. The number of alkyl halides is 4. The molecular weight excluding hydrogens is 255 g/mol. The molecule has 0 aromatic carbocycles. The largest absolute Gasteiger partial charge is 0.433 e. The molecule has 0 aliphatic rings. The van der Waals surface area contributed by atoms with Crippen molar-refractivity contribution in [3.63, 3.8) is 0 Å². The van der Waals surface area contributed by atoms with Crippen LogP contribution in [0.1, 0.15) is 25.5 Å². The zero-order valence-electron chi connectivity index (χ0n) is 9.26. The zero-order valence-corrected chi connectivity index (χ0v) is 10.0. The van der Waals surface area contributed by atoms with Gasteiger partial charge in [0.1, 0.15) is 5.69 Å². The van der Waals surface area contributed by atoms with E-state index in [1.165, 1.54) is 0 Å². The molecule has 1 aromatic heterocycles. The van der Waals surface area contributed by atoms with E-state index in [2.05, 4.69) is 15.3 Å². The maximum Gasteiger partial charge on any atom is 0.433 e. The molecule has 17 heavy (non-hydrogen) atoms. The Hall–Kier alpha value is -1.04. The number of anilines is 1. The van der Waals surface area contributed by atoms with E-state index >= 15 is 0 Å². The smallest absolute Gasteiger partial charge is 0.353 e. The first kappa shape index (κ1) is 14.0. The van der Waals surface area contributed by atoms with Crippen LogP contribution in [0.2, 0.25) is 0 Å². The first-order valence-corrected chi connectivity index (χ1v) is 5.65. The van der Waals surface area contributed by atoms with Crippen molar-refractivity contribution in [2.24, 2.45) is 0 Å². The van der Waals surface area contributed by atoms with Gasteiger partial charge in [-0.1, -0.05) is 13.3 Å². The molecule has 96 valence electrons. The molecule has 1 N–H and O–H groups in total. The predicted molar refractivity (Wildman–Crippen MR) is 60.1 cm³/mol. The fourth-order valence-electron chi connectivity index (χ4n) is 1.22. The Bertz CT molecular complexity index is 357. The minimum absolute atomic E-state index is 0.0541. The Balaban J connectivity index is 2.60. The second-order valence-corrected chi connectivity index (χ2v) is 4.15. The van der Waals surface area contributed by atoms with E-state index < -0.39 is 11.9 Å². The van der Waals surface area contributed by atoms with Crippen LogP contribution in [0.3, 0.4) is 0 Å². The lowest BCUT2D eigenvalue weighted by Crippen LogP contribution is -2.17. The lowest BCUT2D eigenvalue weighted by Gasteiger charge is -2.11. The Morgan fingerprint density at radius 2 is 2.18 bits per heavy atom. The number of rotatable bonds is 5. The molecule has 3 nitrogen and oxygen atoms in total. The second-order valence-electron chi connectivity index (χ2n) is 3.53. The number of nitrogens with one attached hydrogen (secondary N) is 1. The highest BCUT2D eigenvalue weighted by Crippen LogP contribution is 2.27. The van der Waals surface area contributed by atoms with Crippen LogP contribution in [0, 0.1) is 0 Å². The summed E-state index contributed by atoms with van der Waals surface area (Å²) in [7, 11) is 0. The second kappa shape index (κ2) is 6.05. The summed E-state index contributed by atoms with van der Waals surface area (Å²) in [5.41, 5.74) is -0.961. The lowest BCUT2D eigenvalue weighted by molar-refractivity contribution is -0.141. The Kier molecular flexibility index (Phi) is 4.99. The molecule has 0 aliphatic heterocycles. The van der Waals surface area contributed by atoms with Gasteiger partial charge in [0.25, 0.3) is 0 Å². The minimum atomic E-state index is -4.46. The molecule has 0 spiro atoms. The molecule has 1 unspecified atom stereocenters. The van der Waals surface area contributed by atoms with E-state index in [0.29, 0.717) is 6.54 Å². The molecule has 0 saturated carbocycles. The predicted octanol–water partition coefficient (Wildman–Crippen LogP) is 3.31. The van der Waals surface area contributed by atoms with Crippen molar-refractivity contribution in [2.45, 2.75) is 31.3 Å². The number of hydrogen-bond acceptors (Lipinski definition) is 3. The van der Waals surface area contributed by atoms with E-state index in [4.69, 9.17) is 11.6 Å². The molecule has 0 aliphatic carbocycles. The molecule has 0 radical (unpaired) electrons. The van der Waals surface area contributed by atoms with Gasteiger partial charge in [0.15, 0.2) is 0 Å². The van der Waals surface area contributed by atoms with Crippen LogP contribution in [0.5, 0.6) is 0 Å². The molecule has 1 rings (SSSR count). The van der Waals surface area contributed by atoms with Gasteiger partial charge in [-0.3, -0.25) is 0 Å². The standard InChI is InChI=1S/C10H13ClF3N3/c1-2-3-7(11)6-16-9-15-5-4-8(17-9)10(12,13)14/h4-5,7H,2-3,6H2,1H3,(H,15,16,17). The molecule has 0 fully saturated rings. The fourth-order valence-corrected chi connectivity index (χ4v) is 1.51. The van der Waals surface area contributed by atoms with Crippen LogP contribution in [0.4, 0.5) is 19.1 Å². The summed E-state index contributed by atoms with van der Waals surface area (Å²) < 4.78 is 37.0. The molecule has 0 amide bonds. The van der Waals surface area contributed by atoms with Gasteiger partial charge in [-0.05, 0) is 12.5 Å². The number of aromatic nitrogens is 2. The van der Waals surface area contributed by atoms with Crippen LogP contribution in [0.15, 0.2) is 12.3 Å². The fraction of sp³-hybridized carbons (Fsp3) is 0.600. The zero-order chi connectivity index (χ0) is 12.9. The Morgan fingerprint density at radius 1 is 1.47 bits per heavy atom. The van der Waals surface area contributed by atoms with Gasteiger partial charge in [-0.15, -0.1) is 11.6 Å². The molecular formula is C10H13ClF3N3. The third kappa shape index (κ3) is 4.77. The van der Waals surface area contributed by atoms with E-state index in [9.17, 15) is 13.2 Å². The summed E-state index contributed by atoms with van der Waals surface area (Å²) in [4.78, 5) is 7.07. The number of hydrogen-bond donors (Lipinski definition) is 1. The highest BCUT2D eigenvalue weighted by atomic mass is 35.5. The van der Waals surface area contributed by atoms with E-state index in [-0.39, 0.29) is 11.3 Å². The van der Waals surface area contributed by atoms with E-state index in [1.54, 1.807) is 0 Å². The maximum absolute atomic E-state index is 12.3. The van der Waals surface area contributed by atoms with Crippen LogP contribution in [-0.2, 0) is 6.18 Å². The van der Waals surface area contributed by atoms with Crippen LogP contribution in [0.25, 0.3) is 0 Å². The number of nitrogens with zero attached hydrogens (tertiary/aromatic N) is 2. The highest BCUT2D eigenvalue weighted by molar-refractivity contribution is 6.20. The third-order valence-electron chi connectivity index (χ3n) is 2.03. The van der Waals surface area contributed by atoms with Gasteiger partial charge in [0, 0.05) is 12.7 Å². The summed E-state index contributed by atoms with van der Waals surface area (Å²) in [5, 5.41) is 2.55. The maximum atomic E-state index is 12.3. The average Bonchev–Trinajstić information content (AvgIpc) is 2.26. The Labute approximate surface area is 102 Å². The van der Waals surface area contributed by atoms with Gasteiger partial charge in [-0.2, -0.15) is 13.2 Å². The van der Waals surface area contributed by atoms with Crippen molar-refractivity contribution in [1.82, 2.24) is 9.97 Å². The minimum Gasteiger partial charge on any atom is -0.353 e. The quantitative estimate of drug-likeness (QED) is 0.832. The van der Waals surface area contributed by atoms with Crippen molar-refractivity contribution in [3.05, 3.63) is 18.0 Å². The molecule has 7 heteroatoms. The van der Waals surface area contributed by atoms with E-state index in [0.717, 1.165) is 25.1 Å². The molecule has 0 bridgehead atoms. The topological polar surface area (TPSA) is 37.8 Å². The van der Waals surface area contributed by atoms with E-state index in [1.807, 2.05) is 6.92 Å². The summed E-state index contributed by atoms with van der Waals surface area (Å²) in [6, 6.07) is 0.829. The van der Waals surface area contributed by atoms with Gasteiger partial charge in [0.05, 0.1) is 5.38 Å². The summed E-state index contributed by atoms with van der Waals surface area (Å²) in [6.07, 6.45) is -1.68. The monoisotopic (exact) mass is 267 g/mol. The van der Waals surface area contributed by atoms with Gasteiger partial charge < -0.3 is 5.32 Å². The van der Waals surface area contributed by atoms with Crippen molar-refractivity contribution in [3.8, 4) is 0 Å². The van der Waals surface area contributed by atoms with Crippen molar-refractivity contribution in [2.75, 3.05) is 11.9 Å². The molecule has 0 saturated heterocycles. The molecule has 1 aromatic rings. The summed E-state index contributed by atoms with van der Waals surface area (Å²) in [5.74, 6) is -0.0541. The number of halogens is 4. The highest BCUT2D eigenvalue weighted by Gasteiger charge is 2.32. The van der Waals surface area contributed by atoms with Crippen molar-refractivity contribution in [1.29, 1.82) is 0 Å². The van der Waals surface area contributed by atoms with Crippen molar-refractivity contribution >= 4 is 17.5 Å². The van der Waals surface area contributed by atoms with Crippen molar-refractivity contribution < 1.29 is 13.2 Å². The Morgan fingerprint density at radius 3 is 2.76 bits per heavy atom. The first-order valence-electron chi connectivity index (χ1n) is 5.21. The molecule has 1 atom stereocenters. The normalized spacial score (nSPS) is 13.5. The molecule has 1 heterocycles. The van der Waals surface area contributed by atoms with Crippen LogP contribution >= 0.6 is 11.6 Å². The summed E-state index contributed by atoms with van der Waals surface area (Å²) >= 11 is 5.92. The third-order valence-corrected chi connectivity index (χ3v) is 2.40. The SMILES string of the molecule is CCCC(Cl)CNc1nccc(C(F)(F)F)n1. The van der Waals surface area contributed by atoms with Crippen LogP contribution < -0.4 is 5.32 Å². The summed E-state index contributed by atoms with van der Waals surface area (Å²) in [6.45, 7) is 2.33. The van der Waals surface area contributed by atoms with Gasteiger partial charge >= 0.3 is 6.18 Å². The van der Waals surface area contributed by atoms with Crippen LogP contribution in [-0.4, -0.2) is 21.9 Å². The average molecular weight is 268 g/mol.